The number of carbonyl (C=O) groups is 2. The second kappa shape index (κ2) is 9.42. The number of carboxylic acid groups (broad SMARTS) is 1. The Balaban J connectivity index is 0. The van der Waals surface area contributed by atoms with E-state index < -0.39 is 12.0 Å². The fourth-order valence-electron chi connectivity index (χ4n) is 1.47. The summed E-state index contributed by atoms with van der Waals surface area (Å²) in [6, 6.07) is -0.572. The van der Waals surface area contributed by atoms with Crippen LogP contribution in [0.25, 0.3) is 0 Å². The van der Waals surface area contributed by atoms with Gasteiger partial charge in [0, 0.05) is 6.54 Å². The zero-order valence-corrected chi connectivity index (χ0v) is 10.8. The Morgan fingerprint density at radius 3 is 2.19 bits per heavy atom. The lowest BCUT2D eigenvalue weighted by atomic mass is 10.2. The summed E-state index contributed by atoms with van der Waals surface area (Å²) in [4.78, 5) is 23.9. The number of hydrogen-bond donors (Lipinski definition) is 2. The molecule has 5 nitrogen and oxygen atoms in total. The van der Waals surface area contributed by atoms with Crippen LogP contribution in [0.15, 0.2) is 0 Å². The van der Waals surface area contributed by atoms with Crippen LogP contribution in [0.2, 0.25) is 0 Å². The van der Waals surface area contributed by atoms with Crippen molar-refractivity contribution in [3.05, 3.63) is 0 Å². The number of halogens is 1. The van der Waals surface area contributed by atoms with Crippen LogP contribution in [0.1, 0.15) is 27.2 Å². The van der Waals surface area contributed by atoms with E-state index in [0.29, 0.717) is 19.5 Å². The van der Waals surface area contributed by atoms with E-state index in [4.69, 9.17) is 5.11 Å². The maximum atomic E-state index is 11.3. The van der Waals surface area contributed by atoms with Gasteiger partial charge < -0.3 is 10.4 Å². The fraction of sp³-hybridized carbons (Fsp3) is 0.800. The van der Waals surface area contributed by atoms with Crippen molar-refractivity contribution in [1.29, 1.82) is 0 Å². The molecular formula is C10H21ClN2O3. The highest BCUT2D eigenvalue weighted by atomic mass is 35.5. The molecule has 0 aliphatic rings. The molecule has 16 heavy (non-hydrogen) atoms. The highest BCUT2D eigenvalue weighted by Crippen LogP contribution is 2.03. The zero-order valence-electron chi connectivity index (χ0n) is 10.0. The zero-order chi connectivity index (χ0) is 11.8. The lowest BCUT2D eigenvalue weighted by Gasteiger charge is -2.25. The Bertz CT molecular complexity index is 224. The monoisotopic (exact) mass is 252 g/mol. The predicted octanol–water partition coefficient (Wildman–Crippen LogP) is 0.729. The normalized spacial score (nSPS) is 11.8. The van der Waals surface area contributed by atoms with E-state index in [1.54, 1.807) is 11.8 Å². The van der Waals surface area contributed by atoms with E-state index in [1.165, 1.54) is 0 Å². The predicted molar refractivity (Wildman–Crippen MR) is 64.9 cm³/mol. The topological polar surface area (TPSA) is 69.6 Å². The van der Waals surface area contributed by atoms with Crippen molar-refractivity contribution in [2.45, 2.75) is 33.2 Å². The Morgan fingerprint density at radius 2 is 1.88 bits per heavy atom. The van der Waals surface area contributed by atoms with E-state index >= 15 is 0 Å². The number of aliphatic carboxylic acids is 1. The first-order valence-corrected chi connectivity index (χ1v) is 5.30. The highest BCUT2D eigenvalue weighted by molar-refractivity contribution is 5.85. The van der Waals surface area contributed by atoms with Crippen molar-refractivity contribution in [3.8, 4) is 0 Å². The summed E-state index contributed by atoms with van der Waals surface area (Å²) in [5, 5.41) is 11.6. The summed E-state index contributed by atoms with van der Waals surface area (Å²) in [6.07, 6.45) is 0.503. The molecule has 96 valence electrons. The first-order chi connectivity index (χ1) is 7.06. The molecule has 0 bridgehead atoms. The molecule has 0 spiro atoms. The molecule has 0 radical (unpaired) electrons. The number of carbonyl (C=O) groups excluding carboxylic acids is 1. The molecule has 1 unspecified atom stereocenters. The fourth-order valence-corrected chi connectivity index (χ4v) is 1.47. The minimum atomic E-state index is -0.872. The third-order valence-corrected chi connectivity index (χ3v) is 2.24. The molecule has 0 saturated heterocycles. The molecule has 0 aromatic heterocycles. The van der Waals surface area contributed by atoms with Gasteiger partial charge in [-0.05, 0) is 19.9 Å². The standard InChI is InChI=1S/C10H20N2O3.ClH/c1-4-8(10(14)15)12(6-3)7-9(13)11-5-2;/h8H,4-7H2,1-3H3,(H,11,13)(H,14,15);1H. The van der Waals surface area contributed by atoms with Crippen molar-refractivity contribution < 1.29 is 14.7 Å². The Morgan fingerprint density at radius 1 is 1.31 bits per heavy atom. The summed E-state index contributed by atoms with van der Waals surface area (Å²) in [6.45, 7) is 6.77. The number of nitrogens with one attached hydrogen (secondary N) is 1. The summed E-state index contributed by atoms with van der Waals surface area (Å²) < 4.78 is 0. The van der Waals surface area contributed by atoms with E-state index in [9.17, 15) is 9.59 Å². The van der Waals surface area contributed by atoms with Crippen molar-refractivity contribution in [1.82, 2.24) is 10.2 Å². The molecule has 0 aromatic carbocycles. The van der Waals surface area contributed by atoms with Gasteiger partial charge in [0.25, 0.3) is 0 Å². The van der Waals surface area contributed by atoms with Gasteiger partial charge >= 0.3 is 5.97 Å². The van der Waals surface area contributed by atoms with Crippen LogP contribution in [0.5, 0.6) is 0 Å². The van der Waals surface area contributed by atoms with Crippen LogP contribution in [0, 0.1) is 0 Å². The molecule has 0 aromatic rings. The van der Waals surface area contributed by atoms with Crippen LogP contribution in [0.4, 0.5) is 0 Å². The van der Waals surface area contributed by atoms with Gasteiger partial charge in [0.05, 0.1) is 6.54 Å². The number of nitrogens with zero attached hydrogens (tertiary/aromatic N) is 1. The molecule has 6 heteroatoms. The van der Waals surface area contributed by atoms with Crippen LogP contribution in [-0.4, -0.2) is 47.6 Å². The van der Waals surface area contributed by atoms with Gasteiger partial charge in [-0.15, -0.1) is 12.4 Å². The van der Waals surface area contributed by atoms with Crippen molar-refractivity contribution in [3.63, 3.8) is 0 Å². The van der Waals surface area contributed by atoms with Gasteiger partial charge in [-0.25, -0.2) is 0 Å². The molecule has 1 atom stereocenters. The van der Waals surface area contributed by atoms with Crippen LogP contribution in [0.3, 0.4) is 0 Å². The van der Waals surface area contributed by atoms with Crippen molar-refractivity contribution in [2.75, 3.05) is 19.6 Å². The molecular weight excluding hydrogens is 232 g/mol. The highest BCUT2D eigenvalue weighted by Gasteiger charge is 2.23. The summed E-state index contributed by atoms with van der Waals surface area (Å²) in [5.41, 5.74) is 0. The molecule has 0 aliphatic heterocycles. The first kappa shape index (κ1) is 17.6. The van der Waals surface area contributed by atoms with Crippen LogP contribution >= 0.6 is 12.4 Å². The van der Waals surface area contributed by atoms with Gasteiger partial charge in [0.2, 0.25) is 5.91 Å². The van der Waals surface area contributed by atoms with Gasteiger partial charge in [0.15, 0.2) is 0 Å². The van der Waals surface area contributed by atoms with E-state index in [0.717, 1.165) is 0 Å². The summed E-state index contributed by atoms with van der Waals surface area (Å²) in [5.74, 6) is -0.998. The third-order valence-electron chi connectivity index (χ3n) is 2.24. The minimum Gasteiger partial charge on any atom is -0.480 e. The Hall–Kier alpha value is -0.810. The van der Waals surface area contributed by atoms with E-state index in [-0.39, 0.29) is 24.9 Å². The molecule has 0 aliphatic carbocycles. The second-order valence-electron chi connectivity index (χ2n) is 3.28. The lowest BCUT2D eigenvalue weighted by Crippen LogP contribution is -2.46. The number of hydrogen-bond acceptors (Lipinski definition) is 3. The average molecular weight is 253 g/mol. The second-order valence-corrected chi connectivity index (χ2v) is 3.28. The maximum absolute atomic E-state index is 11.3. The summed E-state index contributed by atoms with van der Waals surface area (Å²) in [7, 11) is 0. The molecule has 0 rings (SSSR count). The minimum absolute atomic E-state index is 0. The number of amides is 1. The van der Waals surface area contributed by atoms with Gasteiger partial charge in [-0.2, -0.15) is 0 Å². The lowest BCUT2D eigenvalue weighted by molar-refractivity contribution is -0.144. The quantitative estimate of drug-likeness (QED) is 0.701. The van der Waals surface area contributed by atoms with Gasteiger partial charge in [-0.1, -0.05) is 13.8 Å². The number of carboxylic acids is 1. The largest absolute Gasteiger partial charge is 0.480 e. The molecule has 2 N–H and O–H groups in total. The SMILES string of the molecule is CCNC(=O)CN(CC)C(CC)C(=O)O.Cl. The maximum Gasteiger partial charge on any atom is 0.320 e. The van der Waals surface area contributed by atoms with Crippen LogP contribution in [-0.2, 0) is 9.59 Å². The average Bonchev–Trinajstić information content (AvgIpc) is 2.17. The Labute approximate surface area is 103 Å². The molecule has 0 saturated carbocycles. The Kier molecular flexibility index (Phi) is 10.3. The molecule has 0 heterocycles. The molecule has 0 fully saturated rings. The third kappa shape index (κ3) is 5.92. The first-order valence-electron chi connectivity index (χ1n) is 5.30. The van der Waals surface area contributed by atoms with Gasteiger partial charge in [-0.3, -0.25) is 14.5 Å². The van der Waals surface area contributed by atoms with E-state index in [1.807, 2.05) is 13.8 Å². The van der Waals surface area contributed by atoms with Crippen molar-refractivity contribution >= 4 is 24.3 Å². The van der Waals surface area contributed by atoms with Gasteiger partial charge in [0.1, 0.15) is 6.04 Å². The smallest absolute Gasteiger partial charge is 0.320 e. The number of rotatable bonds is 7. The van der Waals surface area contributed by atoms with Crippen LogP contribution < -0.4 is 5.32 Å². The summed E-state index contributed by atoms with van der Waals surface area (Å²) >= 11 is 0. The number of likely N-dealkylation sites (N-methyl/N-ethyl adjacent to an activating group) is 2. The van der Waals surface area contributed by atoms with Crippen molar-refractivity contribution in [2.24, 2.45) is 0 Å². The van der Waals surface area contributed by atoms with E-state index in [2.05, 4.69) is 5.32 Å². The molecule has 1 amide bonds.